The number of alkyl halides is 3. The molecule has 0 spiro atoms. The van der Waals surface area contributed by atoms with Crippen LogP contribution in [0.2, 0.25) is 0 Å². The summed E-state index contributed by atoms with van der Waals surface area (Å²) in [5.74, 6) is -0.968. The fraction of sp³-hybridized carbons (Fsp3) is 0.333. The summed E-state index contributed by atoms with van der Waals surface area (Å²) < 4.78 is 49.8. The maximum atomic E-state index is 12.7. The Labute approximate surface area is 112 Å². The third-order valence-electron chi connectivity index (χ3n) is 2.71. The van der Waals surface area contributed by atoms with Gasteiger partial charge in [0.1, 0.15) is 0 Å². The molecule has 108 valence electrons. The molecule has 0 fully saturated rings. The number of carbonyl (C=O) groups excluding carboxylic acids is 1. The Morgan fingerprint density at radius 2 is 2.05 bits per heavy atom. The lowest BCUT2D eigenvalue weighted by atomic mass is 10.4. The second kappa shape index (κ2) is 5.03. The Morgan fingerprint density at radius 1 is 1.35 bits per heavy atom. The van der Waals surface area contributed by atoms with Gasteiger partial charge in [0.2, 0.25) is 0 Å². The average Bonchev–Trinajstić information content (AvgIpc) is 2.70. The molecule has 0 saturated heterocycles. The molecule has 2 rings (SSSR count). The van der Waals surface area contributed by atoms with Gasteiger partial charge < -0.3 is 9.47 Å². The van der Waals surface area contributed by atoms with Gasteiger partial charge in [0, 0.05) is 6.07 Å². The van der Waals surface area contributed by atoms with Gasteiger partial charge in [0.15, 0.2) is 6.54 Å². The van der Waals surface area contributed by atoms with Crippen molar-refractivity contribution in [1.29, 1.82) is 0 Å². The zero-order valence-corrected chi connectivity index (χ0v) is 10.8. The number of esters is 1. The minimum Gasteiger partial charge on any atom is -0.463 e. The largest absolute Gasteiger partial charge is 0.463 e. The van der Waals surface area contributed by atoms with Crippen molar-refractivity contribution in [3.63, 3.8) is 0 Å². The summed E-state index contributed by atoms with van der Waals surface area (Å²) in [6, 6.07) is 4.63. The van der Waals surface area contributed by atoms with E-state index in [1.165, 1.54) is 23.8 Å². The second-order valence-corrected chi connectivity index (χ2v) is 3.98. The number of ether oxygens (including phenoxy) is 2. The molecule has 0 saturated carbocycles. The first-order valence-corrected chi connectivity index (χ1v) is 5.61. The molecule has 5 nitrogen and oxygen atoms in total. The van der Waals surface area contributed by atoms with E-state index in [4.69, 9.17) is 4.74 Å². The number of pyridine rings is 1. The molecule has 0 amide bonds. The van der Waals surface area contributed by atoms with Crippen molar-refractivity contribution < 1.29 is 32.0 Å². The number of hydrogen-bond donors (Lipinski definition) is 0. The maximum Gasteiger partial charge on any atom is 0.426 e. The SMILES string of the molecule is COC(=O)c1c(OC)[n+](CC(F)(F)F)c2ccccn12. The Morgan fingerprint density at radius 3 is 2.60 bits per heavy atom. The lowest BCUT2D eigenvalue weighted by Gasteiger charge is -2.05. The van der Waals surface area contributed by atoms with Gasteiger partial charge in [-0.3, -0.25) is 0 Å². The van der Waals surface area contributed by atoms with Crippen molar-refractivity contribution in [2.75, 3.05) is 14.2 Å². The predicted octanol–water partition coefficient (Wildman–Crippen LogP) is 1.58. The molecule has 0 atom stereocenters. The molecular formula is C12H12F3N2O3+. The molecule has 2 aromatic heterocycles. The molecule has 0 aliphatic rings. The Balaban J connectivity index is 2.76. The van der Waals surface area contributed by atoms with Crippen LogP contribution < -0.4 is 9.30 Å². The van der Waals surface area contributed by atoms with E-state index in [2.05, 4.69) is 4.74 Å². The number of rotatable bonds is 3. The summed E-state index contributed by atoms with van der Waals surface area (Å²) in [6.45, 7) is -1.26. The molecule has 8 heteroatoms. The third-order valence-corrected chi connectivity index (χ3v) is 2.71. The molecule has 0 N–H and O–H groups in total. The van der Waals surface area contributed by atoms with Crippen molar-refractivity contribution in [2.24, 2.45) is 0 Å². The number of carbonyl (C=O) groups is 1. The highest BCUT2D eigenvalue weighted by Crippen LogP contribution is 2.22. The summed E-state index contributed by atoms with van der Waals surface area (Å²) in [7, 11) is 2.35. The molecule has 20 heavy (non-hydrogen) atoms. The minimum absolute atomic E-state index is 0.0881. The first-order chi connectivity index (χ1) is 9.39. The first-order valence-electron chi connectivity index (χ1n) is 5.61. The lowest BCUT2D eigenvalue weighted by molar-refractivity contribution is -0.699. The smallest absolute Gasteiger partial charge is 0.426 e. The molecule has 2 heterocycles. The van der Waals surface area contributed by atoms with E-state index < -0.39 is 18.7 Å². The summed E-state index contributed by atoms with van der Waals surface area (Å²) in [4.78, 5) is 11.8. The van der Waals surface area contributed by atoms with Gasteiger partial charge in [-0.1, -0.05) is 6.07 Å². The van der Waals surface area contributed by atoms with Gasteiger partial charge in [-0.15, -0.1) is 0 Å². The highest BCUT2D eigenvalue weighted by molar-refractivity contribution is 5.90. The summed E-state index contributed by atoms with van der Waals surface area (Å²) in [6.07, 6.45) is -2.97. The van der Waals surface area contributed by atoms with Crippen LogP contribution in [0.1, 0.15) is 10.5 Å². The third kappa shape index (κ3) is 2.40. The summed E-state index contributed by atoms with van der Waals surface area (Å²) in [5.41, 5.74) is 0.0944. The van der Waals surface area contributed by atoms with E-state index in [0.717, 1.165) is 11.7 Å². The highest BCUT2D eigenvalue weighted by atomic mass is 19.4. The number of aromatic nitrogens is 2. The number of nitrogens with zero attached hydrogens (tertiary/aromatic N) is 2. The molecule has 2 aromatic rings. The van der Waals surface area contributed by atoms with Gasteiger partial charge >= 0.3 is 23.7 Å². The van der Waals surface area contributed by atoms with Crippen LogP contribution in [-0.2, 0) is 11.3 Å². The monoisotopic (exact) mass is 289 g/mol. The van der Waals surface area contributed by atoms with Crippen LogP contribution in [0.4, 0.5) is 13.2 Å². The van der Waals surface area contributed by atoms with E-state index in [-0.39, 0.29) is 17.2 Å². The maximum absolute atomic E-state index is 12.7. The summed E-state index contributed by atoms with van der Waals surface area (Å²) in [5, 5.41) is 0. The van der Waals surface area contributed by atoms with Gasteiger partial charge in [-0.25, -0.2) is 4.79 Å². The van der Waals surface area contributed by atoms with E-state index in [1.54, 1.807) is 12.1 Å². The van der Waals surface area contributed by atoms with E-state index in [1.807, 2.05) is 0 Å². The predicted molar refractivity (Wildman–Crippen MR) is 61.5 cm³/mol. The van der Waals surface area contributed by atoms with Crippen molar-refractivity contribution in [1.82, 2.24) is 4.40 Å². The van der Waals surface area contributed by atoms with Crippen LogP contribution in [0.15, 0.2) is 24.4 Å². The number of methoxy groups -OCH3 is 2. The van der Waals surface area contributed by atoms with Crippen LogP contribution in [0.25, 0.3) is 5.65 Å². The lowest BCUT2D eigenvalue weighted by Crippen LogP contribution is -2.42. The quantitative estimate of drug-likeness (QED) is 0.636. The molecule has 0 bridgehead atoms. The van der Waals surface area contributed by atoms with E-state index in [9.17, 15) is 18.0 Å². The van der Waals surface area contributed by atoms with Gasteiger partial charge in [0.25, 0.3) is 5.65 Å². The van der Waals surface area contributed by atoms with Crippen LogP contribution in [0.5, 0.6) is 5.88 Å². The number of imidazole rings is 1. The normalized spacial score (nSPS) is 11.7. The average molecular weight is 289 g/mol. The first kappa shape index (κ1) is 14.2. The fourth-order valence-corrected chi connectivity index (χ4v) is 2.00. The molecule has 0 aliphatic carbocycles. The molecule has 0 aromatic carbocycles. The number of hydrogen-bond acceptors (Lipinski definition) is 3. The number of halogens is 3. The Bertz CT molecular complexity index is 649. The van der Waals surface area contributed by atoms with Crippen molar-refractivity contribution in [3.8, 4) is 5.88 Å². The molecule has 0 unspecified atom stereocenters. The topological polar surface area (TPSA) is 43.8 Å². The standard InChI is InChI=1S/C12H12F3N2O3/c1-19-10-9(11(18)20-2)16-6-4-3-5-8(16)17(10)7-12(13,14)15/h3-6H,7H2,1-2H3/q+1. The molecule has 0 aliphatic heterocycles. The molecule has 0 radical (unpaired) electrons. The van der Waals surface area contributed by atoms with Crippen LogP contribution in [0, 0.1) is 0 Å². The highest BCUT2D eigenvalue weighted by Gasteiger charge is 2.39. The van der Waals surface area contributed by atoms with Crippen molar-refractivity contribution in [3.05, 3.63) is 30.1 Å². The van der Waals surface area contributed by atoms with Gasteiger partial charge in [-0.2, -0.15) is 22.1 Å². The zero-order valence-electron chi connectivity index (χ0n) is 10.8. The van der Waals surface area contributed by atoms with E-state index >= 15 is 0 Å². The van der Waals surface area contributed by atoms with Crippen LogP contribution in [-0.4, -0.2) is 30.8 Å². The fourth-order valence-electron chi connectivity index (χ4n) is 2.00. The Kier molecular flexibility index (Phi) is 3.56. The van der Waals surface area contributed by atoms with Gasteiger partial charge in [0.05, 0.1) is 20.4 Å². The van der Waals surface area contributed by atoms with Crippen molar-refractivity contribution >= 4 is 11.6 Å². The minimum atomic E-state index is -4.44. The van der Waals surface area contributed by atoms with E-state index in [0.29, 0.717) is 0 Å². The summed E-state index contributed by atoms with van der Waals surface area (Å²) >= 11 is 0. The molecular weight excluding hydrogens is 277 g/mol. The zero-order chi connectivity index (χ0) is 14.9. The van der Waals surface area contributed by atoms with Crippen LogP contribution >= 0.6 is 0 Å². The second-order valence-electron chi connectivity index (χ2n) is 3.98. The van der Waals surface area contributed by atoms with Gasteiger partial charge in [-0.05, 0) is 6.07 Å². The van der Waals surface area contributed by atoms with Crippen LogP contribution in [0.3, 0.4) is 0 Å². The Hall–Kier alpha value is -2.25. The number of fused-ring (bicyclic) bond motifs is 1. The van der Waals surface area contributed by atoms with Crippen molar-refractivity contribution in [2.45, 2.75) is 12.7 Å².